The molecule has 3 heteroatoms. The van der Waals surface area contributed by atoms with Crippen LogP contribution in [0.2, 0.25) is 0 Å². The Labute approximate surface area is 91.4 Å². The number of aryl methyl sites for hydroxylation is 1. The summed E-state index contributed by atoms with van der Waals surface area (Å²) in [6.45, 7) is 5.17. The average Bonchev–Trinajstić information content (AvgIpc) is 2.17. The number of rotatable bonds is 4. The minimum atomic E-state index is 0.136. The standard InChI is InChI=1S/C12H19N3/c1-4-8-15(3)11-9(2)6-5-7-10(11)12(13)14/h5-7H,4,8H2,1-3H3,(H3,13,14). The Hall–Kier alpha value is -1.51. The molecule has 0 aliphatic heterocycles. The summed E-state index contributed by atoms with van der Waals surface area (Å²) in [4.78, 5) is 2.16. The molecule has 3 nitrogen and oxygen atoms in total. The lowest BCUT2D eigenvalue weighted by atomic mass is 10.1. The number of benzene rings is 1. The van der Waals surface area contributed by atoms with Crippen molar-refractivity contribution in [1.82, 2.24) is 0 Å². The summed E-state index contributed by atoms with van der Waals surface area (Å²) in [7, 11) is 2.04. The molecule has 0 saturated heterocycles. The molecule has 15 heavy (non-hydrogen) atoms. The molecule has 0 heterocycles. The Morgan fingerprint density at radius 3 is 2.67 bits per heavy atom. The summed E-state index contributed by atoms with van der Waals surface area (Å²) in [6.07, 6.45) is 1.09. The normalized spacial score (nSPS) is 10.1. The smallest absolute Gasteiger partial charge is 0.124 e. The van der Waals surface area contributed by atoms with Crippen LogP contribution in [0, 0.1) is 12.3 Å². The predicted octanol–water partition coefficient (Wildman–Crippen LogP) is 2.13. The maximum Gasteiger partial charge on any atom is 0.124 e. The van der Waals surface area contributed by atoms with Crippen LogP contribution in [0.15, 0.2) is 18.2 Å². The molecule has 3 N–H and O–H groups in total. The largest absolute Gasteiger partial charge is 0.384 e. The van der Waals surface area contributed by atoms with Crippen molar-refractivity contribution in [1.29, 1.82) is 5.41 Å². The van der Waals surface area contributed by atoms with Gasteiger partial charge in [0.05, 0.1) is 5.69 Å². The number of nitrogen functional groups attached to an aromatic ring is 1. The van der Waals surface area contributed by atoms with Crippen LogP contribution >= 0.6 is 0 Å². The zero-order chi connectivity index (χ0) is 11.4. The number of nitrogens with two attached hydrogens (primary N) is 1. The summed E-state index contributed by atoms with van der Waals surface area (Å²) in [6, 6.07) is 5.89. The molecule has 0 bridgehead atoms. The van der Waals surface area contributed by atoms with E-state index in [9.17, 15) is 0 Å². The Balaban J connectivity index is 3.18. The van der Waals surface area contributed by atoms with Crippen LogP contribution in [0.5, 0.6) is 0 Å². The van der Waals surface area contributed by atoms with Crippen molar-refractivity contribution in [2.75, 3.05) is 18.5 Å². The topological polar surface area (TPSA) is 53.1 Å². The van der Waals surface area contributed by atoms with Gasteiger partial charge < -0.3 is 10.6 Å². The SMILES string of the molecule is CCCN(C)c1c(C)cccc1C(=N)N. The summed E-state index contributed by atoms with van der Waals surface area (Å²) < 4.78 is 0. The van der Waals surface area contributed by atoms with Gasteiger partial charge in [-0.25, -0.2) is 0 Å². The Kier molecular flexibility index (Phi) is 3.72. The molecule has 0 radical (unpaired) electrons. The Morgan fingerprint density at radius 2 is 2.13 bits per heavy atom. The number of nitrogens with zero attached hydrogens (tertiary/aromatic N) is 1. The van der Waals surface area contributed by atoms with Crippen molar-refractivity contribution < 1.29 is 0 Å². The number of hydrogen-bond donors (Lipinski definition) is 2. The lowest BCUT2D eigenvalue weighted by molar-refractivity contribution is 0.848. The molecule has 1 rings (SSSR count). The molecule has 0 unspecified atom stereocenters. The Morgan fingerprint density at radius 1 is 1.47 bits per heavy atom. The monoisotopic (exact) mass is 205 g/mol. The maximum absolute atomic E-state index is 7.55. The molecule has 0 amide bonds. The molecule has 0 aromatic heterocycles. The van der Waals surface area contributed by atoms with Crippen LogP contribution < -0.4 is 10.6 Å². The van der Waals surface area contributed by atoms with Crippen molar-refractivity contribution in [3.8, 4) is 0 Å². The van der Waals surface area contributed by atoms with Crippen LogP contribution in [-0.4, -0.2) is 19.4 Å². The van der Waals surface area contributed by atoms with Crippen LogP contribution in [-0.2, 0) is 0 Å². The molecule has 0 fully saturated rings. The molecule has 0 aliphatic rings. The van der Waals surface area contributed by atoms with Gasteiger partial charge in [0.25, 0.3) is 0 Å². The van der Waals surface area contributed by atoms with Crippen LogP contribution in [0.3, 0.4) is 0 Å². The van der Waals surface area contributed by atoms with E-state index in [1.54, 1.807) is 0 Å². The van der Waals surface area contributed by atoms with Crippen molar-refractivity contribution in [3.05, 3.63) is 29.3 Å². The molecular formula is C12H19N3. The second-order valence-electron chi connectivity index (χ2n) is 3.81. The molecule has 1 aromatic carbocycles. The first-order valence-corrected chi connectivity index (χ1v) is 5.23. The highest BCUT2D eigenvalue weighted by atomic mass is 15.1. The van der Waals surface area contributed by atoms with Gasteiger partial charge >= 0.3 is 0 Å². The van der Waals surface area contributed by atoms with Gasteiger partial charge in [-0.1, -0.05) is 19.1 Å². The molecule has 0 spiro atoms. The lowest BCUT2D eigenvalue weighted by Crippen LogP contribution is -2.23. The molecule has 0 aliphatic carbocycles. The highest BCUT2D eigenvalue weighted by molar-refractivity contribution is 6.01. The molecule has 82 valence electrons. The first-order chi connectivity index (χ1) is 7.07. The van der Waals surface area contributed by atoms with Crippen LogP contribution in [0.4, 0.5) is 5.69 Å². The fourth-order valence-electron chi connectivity index (χ4n) is 1.83. The predicted molar refractivity (Wildman–Crippen MR) is 65.8 cm³/mol. The van der Waals surface area contributed by atoms with Gasteiger partial charge in [-0.3, -0.25) is 5.41 Å². The van der Waals surface area contributed by atoms with Gasteiger partial charge in [-0.2, -0.15) is 0 Å². The molecule has 0 saturated carbocycles. The van der Waals surface area contributed by atoms with Gasteiger partial charge in [0.2, 0.25) is 0 Å². The summed E-state index contributed by atoms with van der Waals surface area (Å²) in [5.41, 5.74) is 8.64. The van der Waals surface area contributed by atoms with E-state index >= 15 is 0 Å². The van der Waals surface area contributed by atoms with E-state index in [-0.39, 0.29) is 5.84 Å². The summed E-state index contributed by atoms with van der Waals surface area (Å²) >= 11 is 0. The van der Waals surface area contributed by atoms with Crippen molar-refractivity contribution in [2.45, 2.75) is 20.3 Å². The second kappa shape index (κ2) is 4.82. The van der Waals surface area contributed by atoms with E-state index in [0.29, 0.717) is 0 Å². The van der Waals surface area contributed by atoms with Crippen molar-refractivity contribution >= 4 is 11.5 Å². The van der Waals surface area contributed by atoms with E-state index < -0.39 is 0 Å². The van der Waals surface area contributed by atoms with E-state index in [2.05, 4.69) is 11.8 Å². The van der Waals surface area contributed by atoms with Gasteiger partial charge in [0.15, 0.2) is 0 Å². The fourth-order valence-corrected chi connectivity index (χ4v) is 1.83. The van der Waals surface area contributed by atoms with Crippen molar-refractivity contribution in [2.24, 2.45) is 5.73 Å². The number of nitrogens with one attached hydrogen (secondary N) is 1. The third-order valence-corrected chi connectivity index (χ3v) is 2.47. The quantitative estimate of drug-likeness (QED) is 0.584. The van der Waals surface area contributed by atoms with Gasteiger partial charge in [0, 0.05) is 19.2 Å². The van der Waals surface area contributed by atoms with Gasteiger partial charge in [-0.15, -0.1) is 0 Å². The van der Waals surface area contributed by atoms with E-state index in [0.717, 1.165) is 24.2 Å². The minimum Gasteiger partial charge on any atom is -0.384 e. The van der Waals surface area contributed by atoms with E-state index in [1.807, 2.05) is 32.2 Å². The molecule has 1 aromatic rings. The zero-order valence-electron chi connectivity index (χ0n) is 9.67. The summed E-state index contributed by atoms with van der Waals surface area (Å²) in [5.74, 6) is 0.136. The molecular weight excluding hydrogens is 186 g/mol. The number of amidine groups is 1. The van der Waals surface area contributed by atoms with Crippen molar-refractivity contribution in [3.63, 3.8) is 0 Å². The number of hydrogen-bond acceptors (Lipinski definition) is 2. The number of anilines is 1. The third-order valence-electron chi connectivity index (χ3n) is 2.47. The third kappa shape index (κ3) is 2.49. The lowest BCUT2D eigenvalue weighted by Gasteiger charge is -2.23. The van der Waals surface area contributed by atoms with Crippen LogP contribution in [0.25, 0.3) is 0 Å². The van der Waals surface area contributed by atoms with E-state index in [4.69, 9.17) is 11.1 Å². The summed E-state index contributed by atoms with van der Waals surface area (Å²) in [5, 5.41) is 7.55. The minimum absolute atomic E-state index is 0.136. The van der Waals surface area contributed by atoms with Gasteiger partial charge in [0.1, 0.15) is 5.84 Å². The van der Waals surface area contributed by atoms with Crippen LogP contribution in [0.1, 0.15) is 24.5 Å². The van der Waals surface area contributed by atoms with E-state index in [1.165, 1.54) is 5.56 Å². The maximum atomic E-state index is 7.55. The number of para-hydroxylation sites is 1. The average molecular weight is 205 g/mol. The highest BCUT2D eigenvalue weighted by Crippen LogP contribution is 2.23. The Bertz CT molecular complexity index is 358. The van der Waals surface area contributed by atoms with Gasteiger partial charge in [-0.05, 0) is 25.0 Å². The fraction of sp³-hybridized carbons (Fsp3) is 0.417. The first kappa shape index (κ1) is 11.6. The first-order valence-electron chi connectivity index (χ1n) is 5.23. The zero-order valence-corrected chi connectivity index (χ0v) is 9.67. The highest BCUT2D eigenvalue weighted by Gasteiger charge is 2.11. The molecule has 0 atom stereocenters. The second-order valence-corrected chi connectivity index (χ2v) is 3.81.